The van der Waals surface area contributed by atoms with Crippen molar-refractivity contribution in [2.24, 2.45) is 11.7 Å². The van der Waals surface area contributed by atoms with E-state index >= 15 is 0 Å². The van der Waals surface area contributed by atoms with E-state index in [-0.39, 0.29) is 5.91 Å². The second-order valence-corrected chi connectivity index (χ2v) is 6.61. The number of amides is 1. The van der Waals surface area contributed by atoms with Gasteiger partial charge in [-0.3, -0.25) is 9.78 Å². The molecule has 0 spiro atoms. The summed E-state index contributed by atoms with van der Waals surface area (Å²) in [6, 6.07) is 5.77. The minimum Gasteiger partial charge on any atom is -0.366 e. The van der Waals surface area contributed by atoms with Gasteiger partial charge in [-0.05, 0) is 44.7 Å². The Hall–Kier alpha value is -2.10. The Balaban J connectivity index is 2.05. The van der Waals surface area contributed by atoms with Crippen LogP contribution in [0.15, 0.2) is 24.4 Å². The summed E-state index contributed by atoms with van der Waals surface area (Å²) in [5, 5.41) is 0. The standard InChI is InChI=1S/C19H25N3O/c1-13-17(16-10-6-7-11-21-16)18(19(20)23)14(2)22(13)12-15-8-4-3-5-9-15/h6-7,10-11,15H,3-5,8-9,12H2,1-2H3,(H2,20,23). The van der Waals surface area contributed by atoms with Crippen molar-refractivity contribution in [1.29, 1.82) is 0 Å². The lowest BCUT2D eigenvalue weighted by Gasteiger charge is -2.23. The van der Waals surface area contributed by atoms with Crippen molar-refractivity contribution in [2.45, 2.75) is 52.5 Å². The summed E-state index contributed by atoms with van der Waals surface area (Å²) >= 11 is 0. The summed E-state index contributed by atoms with van der Waals surface area (Å²) in [5.74, 6) is 0.333. The predicted octanol–water partition coefficient (Wildman–Crippen LogP) is 3.85. The smallest absolute Gasteiger partial charge is 0.251 e. The number of rotatable bonds is 4. The zero-order valence-corrected chi connectivity index (χ0v) is 14.0. The molecular formula is C19H25N3O. The molecule has 1 aliphatic rings. The number of hydrogen-bond donors (Lipinski definition) is 1. The van der Waals surface area contributed by atoms with Gasteiger partial charge < -0.3 is 10.3 Å². The molecule has 0 unspecified atom stereocenters. The van der Waals surface area contributed by atoms with E-state index in [1.807, 2.05) is 25.1 Å². The molecule has 4 nitrogen and oxygen atoms in total. The molecule has 0 saturated heterocycles. The van der Waals surface area contributed by atoms with Gasteiger partial charge in [-0.25, -0.2) is 0 Å². The van der Waals surface area contributed by atoms with Crippen LogP contribution in [0.3, 0.4) is 0 Å². The first kappa shape index (κ1) is 15.8. The number of primary amides is 1. The highest BCUT2D eigenvalue weighted by molar-refractivity contribution is 6.01. The maximum atomic E-state index is 12.1. The Kier molecular flexibility index (Phi) is 4.51. The average Bonchev–Trinajstić information content (AvgIpc) is 2.81. The molecule has 1 aliphatic carbocycles. The van der Waals surface area contributed by atoms with Gasteiger partial charge in [0.05, 0.1) is 11.3 Å². The third-order valence-corrected chi connectivity index (χ3v) is 5.12. The van der Waals surface area contributed by atoms with Crippen LogP contribution in [0.25, 0.3) is 11.3 Å². The molecule has 1 saturated carbocycles. The van der Waals surface area contributed by atoms with E-state index in [2.05, 4.69) is 16.5 Å². The van der Waals surface area contributed by atoms with Gasteiger partial charge in [0.25, 0.3) is 5.91 Å². The second kappa shape index (κ2) is 6.57. The number of nitrogens with zero attached hydrogens (tertiary/aromatic N) is 2. The summed E-state index contributed by atoms with van der Waals surface area (Å²) in [7, 11) is 0. The van der Waals surface area contributed by atoms with E-state index in [1.54, 1.807) is 6.20 Å². The van der Waals surface area contributed by atoms with Gasteiger partial charge in [0.2, 0.25) is 0 Å². The van der Waals surface area contributed by atoms with Crippen LogP contribution in [0.4, 0.5) is 0 Å². The number of aromatic nitrogens is 2. The third kappa shape index (κ3) is 3.03. The highest BCUT2D eigenvalue weighted by Crippen LogP contribution is 2.33. The minimum absolute atomic E-state index is 0.367. The molecule has 0 radical (unpaired) electrons. The Labute approximate surface area is 137 Å². The van der Waals surface area contributed by atoms with Gasteiger partial charge in [0.1, 0.15) is 0 Å². The fourth-order valence-corrected chi connectivity index (χ4v) is 3.91. The number of carbonyl (C=O) groups excluding carboxylic acids is 1. The largest absolute Gasteiger partial charge is 0.366 e. The quantitative estimate of drug-likeness (QED) is 0.932. The Morgan fingerprint density at radius 3 is 2.57 bits per heavy atom. The minimum atomic E-state index is -0.367. The van der Waals surface area contributed by atoms with Crippen molar-refractivity contribution in [3.8, 4) is 11.3 Å². The lowest BCUT2D eigenvalue weighted by atomic mass is 9.89. The summed E-state index contributed by atoms with van der Waals surface area (Å²) in [6.07, 6.45) is 8.31. The second-order valence-electron chi connectivity index (χ2n) is 6.61. The Morgan fingerprint density at radius 2 is 1.96 bits per heavy atom. The van der Waals surface area contributed by atoms with Crippen molar-refractivity contribution in [1.82, 2.24) is 9.55 Å². The summed E-state index contributed by atoms with van der Waals surface area (Å²) in [6.45, 7) is 5.05. The van der Waals surface area contributed by atoms with Gasteiger partial charge in [-0.1, -0.05) is 25.3 Å². The predicted molar refractivity (Wildman–Crippen MR) is 92.2 cm³/mol. The number of carbonyl (C=O) groups is 1. The zero-order valence-electron chi connectivity index (χ0n) is 14.0. The van der Waals surface area contributed by atoms with Crippen molar-refractivity contribution < 1.29 is 4.79 Å². The van der Waals surface area contributed by atoms with Crippen LogP contribution in [0.1, 0.15) is 53.8 Å². The van der Waals surface area contributed by atoms with E-state index < -0.39 is 0 Å². The summed E-state index contributed by atoms with van der Waals surface area (Å²) in [4.78, 5) is 16.5. The van der Waals surface area contributed by atoms with E-state index in [9.17, 15) is 4.79 Å². The molecule has 23 heavy (non-hydrogen) atoms. The van der Waals surface area contributed by atoms with Crippen molar-refractivity contribution in [3.05, 3.63) is 41.3 Å². The maximum Gasteiger partial charge on any atom is 0.251 e. The van der Waals surface area contributed by atoms with Gasteiger partial charge >= 0.3 is 0 Å². The maximum absolute atomic E-state index is 12.1. The molecule has 2 aromatic heterocycles. The van der Waals surface area contributed by atoms with Crippen LogP contribution in [0.5, 0.6) is 0 Å². The average molecular weight is 311 g/mol. The van der Waals surface area contributed by atoms with Gasteiger partial charge in [-0.2, -0.15) is 0 Å². The molecule has 0 atom stereocenters. The molecule has 0 bridgehead atoms. The topological polar surface area (TPSA) is 60.9 Å². The molecule has 2 heterocycles. The first-order chi connectivity index (χ1) is 11.1. The first-order valence-corrected chi connectivity index (χ1v) is 8.50. The third-order valence-electron chi connectivity index (χ3n) is 5.12. The van der Waals surface area contributed by atoms with E-state index in [4.69, 9.17) is 5.73 Å². The van der Waals surface area contributed by atoms with Crippen LogP contribution in [0.2, 0.25) is 0 Å². The van der Waals surface area contributed by atoms with Crippen molar-refractivity contribution >= 4 is 5.91 Å². The SMILES string of the molecule is Cc1c(C(N)=O)c(-c2ccccn2)c(C)n1CC1CCCCC1. The van der Waals surface area contributed by atoms with Crippen LogP contribution in [-0.2, 0) is 6.54 Å². The number of pyridine rings is 1. The van der Waals surface area contributed by atoms with Crippen LogP contribution >= 0.6 is 0 Å². The lowest BCUT2D eigenvalue weighted by molar-refractivity contribution is 0.1000. The molecule has 1 amide bonds. The molecule has 0 aliphatic heterocycles. The van der Waals surface area contributed by atoms with Crippen molar-refractivity contribution in [3.63, 3.8) is 0 Å². The molecule has 1 fully saturated rings. The highest BCUT2D eigenvalue weighted by atomic mass is 16.1. The number of hydrogen-bond acceptors (Lipinski definition) is 2. The van der Waals surface area contributed by atoms with Gasteiger partial charge in [-0.15, -0.1) is 0 Å². The van der Waals surface area contributed by atoms with Crippen LogP contribution < -0.4 is 5.73 Å². The first-order valence-electron chi connectivity index (χ1n) is 8.50. The van der Waals surface area contributed by atoms with E-state index in [0.29, 0.717) is 11.5 Å². The summed E-state index contributed by atoms with van der Waals surface area (Å²) < 4.78 is 2.28. The summed E-state index contributed by atoms with van der Waals surface area (Å²) in [5.41, 5.74) is 10.1. The Morgan fingerprint density at radius 1 is 1.22 bits per heavy atom. The van der Waals surface area contributed by atoms with E-state index in [1.165, 1.54) is 32.1 Å². The van der Waals surface area contributed by atoms with Gasteiger partial charge in [0.15, 0.2) is 0 Å². The zero-order chi connectivity index (χ0) is 16.4. The lowest BCUT2D eigenvalue weighted by Crippen LogP contribution is -2.17. The molecule has 2 aromatic rings. The molecule has 3 rings (SSSR count). The molecule has 2 N–H and O–H groups in total. The molecule has 122 valence electrons. The molecular weight excluding hydrogens is 286 g/mol. The fraction of sp³-hybridized carbons (Fsp3) is 0.474. The van der Waals surface area contributed by atoms with Gasteiger partial charge in [0, 0.05) is 29.7 Å². The normalized spacial score (nSPS) is 15.7. The van der Waals surface area contributed by atoms with E-state index in [0.717, 1.165) is 29.2 Å². The van der Waals surface area contributed by atoms with Crippen LogP contribution in [0, 0.1) is 19.8 Å². The van der Waals surface area contributed by atoms with Crippen molar-refractivity contribution in [2.75, 3.05) is 0 Å². The number of nitrogens with two attached hydrogens (primary N) is 1. The monoisotopic (exact) mass is 311 g/mol. The molecule has 0 aromatic carbocycles. The Bertz CT molecular complexity index is 697. The van der Waals surface area contributed by atoms with Crippen LogP contribution in [-0.4, -0.2) is 15.5 Å². The highest BCUT2D eigenvalue weighted by Gasteiger charge is 2.25. The fourth-order valence-electron chi connectivity index (χ4n) is 3.91. The molecule has 4 heteroatoms.